The van der Waals surface area contributed by atoms with Gasteiger partial charge in [0.25, 0.3) is 0 Å². The van der Waals surface area contributed by atoms with Crippen LogP contribution in [0.15, 0.2) is 42.7 Å². The van der Waals surface area contributed by atoms with Gasteiger partial charge in [0.1, 0.15) is 5.75 Å². The number of hydrogen-bond acceptors (Lipinski definition) is 3. The van der Waals surface area contributed by atoms with Crippen molar-refractivity contribution in [3.63, 3.8) is 0 Å². The second kappa shape index (κ2) is 5.85. The zero-order chi connectivity index (χ0) is 13.0. The van der Waals surface area contributed by atoms with Gasteiger partial charge in [-0.25, -0.2) is 0 Å². The molecule has 94 valence electrons. The average molecular weight is 263 g/mol. The second-order valence-electron chi connectivity index (χ2n) is 4.10. The van der Waals surface area contributed by atoms with Crippen LogP contribution < -0.4 is 10.5 Å². The monoisotopic (exact) mass is 262 g/mol. The van der Waals surface area contributed by atoms with Gasteiger partial charge in [-0.2, -0.15) is 0 Å². The third-order valence-electron chi connectivity index (χ3n) is 2.74. The minimum absolute atomic E-state index is 0.119. The Balaban J connectivity index is 2.13. The average Bonchev–Trinajstić information content (AvgIpc) is 2.39. The van der Waals surface area contributed by atoms with Gasteiger partial charge in [0.15, 0.2) is 0 Å². The number of nitrogens with zero attached hydrogens (tertiary/aromatic N) is 1. The fourth-order valence-electron chi connectivity index (χ4n) is 1.79. The molecule has 0 spiro atoms. The Hall–Kier alpha value is -1.58. The molecule has 4 heteroatoms. The molecule has 2 rings (SSSR count). The molecule has 2 N–H and O–H groups in total. The molecule has 0 aliphatic heterocycles. The van der Waals surface area contributed by atoms with Crippen LogP contribution in [0.1, 0.15) is 17.2 Å². The summed E-state index contributed by atoms with van der Waals surface area (Å²) in [5.74, 6) is 0.717. The van der Waals surface area contributed by atoms with Crippen molar-refractivity contribution in [1.29, 1.82) is 0 Å². The Morgan fingerprint density at radius 3 is 2.89 bits per heavy atom. The predicted molar refractivity (Wildman–Crippen MR) is 72.9 cm³/mol. The molecule has 0 amide bonds. The summed E-state index contributed by atoms with van der Waals surface area (Å²) in [6, 6.07) is 9.50. The van der Waals surface area contributed by atoms with E-state index in [1.807, 2.05) is 30.3 Å². The summed E-state index contributed by atoms with van der Waals surface area (Å²) < 4.78 is 5.14. The van der Waals surface area contributed by atoms with E-state index in [1.165, 1.54) is 0 Å². The summed E-state index contributed by atoms with van der Waals surface area (Å²) in [6.45, 7) is 0. The van der Waals surface area contributed by atoms with E-state index in [2.05, 4.69) is 4.98 Å². The lowest BCUT2D eigenvalue weighted by molar-refractivity contribution is 0.411. The standard InChI is InChI=1S/C14H15ClN2O/c1-18-13-7-11(8-17-9-13)14(16)6-10-3-2-4-12(15)5-10/h2-5,7-9,14H,6,16H2,1H3. The van der Waals surface area contributed by atoms with Gasteiger partial charge >= 0.3 is 0 Å². The number of nitrogens with two attached hydrogens (primary N) is 1. The Morgan fingerprint density at radius 2 is 2.17 bits per heavy atom. The van der Waals surface area contributed by atoms with E-state index in [0.717, 1.165) is 22.6 Å². The van der Waals surface area contributed by atoms with Crippen molar-refractivity contribution in [2.45, 2.75) is 12.5 Å². The number of rotatable bonds is 4. The second-order valence-corrected chi connectivity index (χ2v) is 4.54. The highest BCUT2D eigenvalue weighted by Crippen LogP contribution is 2.20. The highest BCUT2D eigenvalue weighted by Gasteiger charge is 2.09. The molecule has 0 bridgehead atoms. The maximum absolute atomic E-state index is 6.16. The largest absolute Gasteiger partial charge is 0.495 e. The number of pyridine rings is 1. The third-order valence-corrected chi connectivity index (χ3v) is 2.98. The van der Waals surface area contributed by atoms with Crippen LogP contribution in [0.25, 0.3) is 0 Å². The zero-order valence-corrected chi connectivity index (χ0v) is 10.9. The maximum atomic E-state index is 6.16. The summed E-state index contributed by atoms with van der Waals surface area (Å²) in [6.07, 6.45) is 4.14. The SMILES string of the molecule is COc1cncc(C(N)Cc2cccc(Cl)c2)c1. The molecular formula is C14H15ClN2O. The van der Waals surface area contributed by atoms with E-state index in [9.17, 15) is 0 Å². The van der Waals surface area contributed by atoms with Crippen molar-refractivity contribution in [2.75, 3.05) is 7.11 Å². The van der Waals surface area contributed by atoms with Gasteiger partial charge in [-0.1, -0.05) is 23.7 Å². The Morgan fingerprint density at radius 1 is 1.33 bits per heavy atom. The van der Waals surface area contributed by atoms with E-state index in [-0.39, 0.29) is 6.04 Å². The molecule has 0 radical (unpaired) electrons. The molecule has 0 saturated heterocycles. The van der Waals surface area contributed by atoms with Crippen LogP contribution in [-0.4, -0.2) is 12.1 Å². The quantitative estimate of drug-likeness (QED) is 0.922. The Labute approximate surface area is 112 Å². The molecule has 0 aliphatic carbocycles. The number of halogens is 1. The van der Waals surface area contributed by atoms with Crippen LogP contribution in [0.2, 0.25) is 5.02 Å². The van der Waals surface area contributed by atoms with E-state index in [4.69, 9.17) is 22.1 Å². The first-order valence-electron chi connectivity index (χ1n) is 5.68. The van der Waals surface area contributed by atoms with Crippen molar-refractivity contribution in [1.82, 2.24) is 4.98 Å². The lowest BCUT2D eigenvalue weighted by atomic mass is 10.0. The molecule has 2 aromatic rings. The van der Waals surface area contributed by atoms with Gasteiger partial charge in [0.2, 0.25) is 0 Å². The Bertz CT molecular complexity index is 531. The molecule has 1 atom stereocenters. The molecule has 1 aromatic heterocycles. The minimum Gasteiger partial charge on any atom is -0.495 e. The normalized spacial score (nSPS) is 12.2. The van der Waals surface area contributed by atoms with Crippen LogP contribution in [0.5, 0.6) is 5.75 Å². The van der Waals surface area contributed by atoms with Crippen LogP contribution in [-0.2, 0) is 6.42 Å². The van der Waals surface area contributed by atoms with Crippen LogP contribution >= 0.6 is 11.6 Å². The Kier molecular flexibility index (Phi) is 4.18. The highest BCUT2D eigenvalue weighted by molar-refractivity contribution is 6.30. The fourth-order valence-corrected chi connectivity index (χ4v) is 2.00. The van der Waals surface area contributed by atoms with Crippen LogP contribution in [0, 0.1) is 0 Å². The number of benzene rings is 1. The molecule has 1 unspecified atom stereocenters. The lowest BCUT2D eigenvalue weighted by Gasteiger charge is -2.12. The first-order chi connectivity index (χ1) is 8.69. The molecule has 0 fully saturated rings. The maximum Gasteiger partial charge on any atom is 0.137 e. The number of hydrogen-bond donors (Lipinski definition) is 1. The van der Waals surface area contributed by atoms with Gasteiger partial charge < -0.3 is 10.5 Å². The number of ether oxygens (including phenoxy) is 1. The first kappa shape index (κ1) is 12.9. The number of methoxy groups -OCH3 is 1. The lowest BCUT2D eigenvalue weighted by Crippen LogP contribution is -2.13. The molecule has 1 aromatic carbocycles. The van der Waals surface area contributed by atoms with Crippen molar-refractivity contribution >= 4 is 11.6 Å². The van der Waals surface area contributed by atoms with Crippen molar-refractivity contribution in [3.05, 3.63) is 58.9 Å². The predicted octanol–water partition coefficient (Wildman–Crippen LogP) is 2.99. The van der Waals surface area contributed by atoms with E-state index in [0.29, 0.717) is 5.75 Å². The minimum atomic E-state index is -0.119. The topological polar surface area (TPSA) is 48.1 Å². The van der Waals surface area contributed by atoms with Gasteiger partial charge in [0.05, 0.1) is 13.3 Å². The summed E-state index contributed by atoms with van der Waals surface area (Å²) >= 11 is 5.95. The highest BCUT2D eigenvalue weighted by atomic mass is 35.5. The fraction of sp³-hybridized carbons (Fsp3) is 0.214. The van der Waals surface area contributed by atoms with Crippen LogP contribution in [0.3, 0.4) is 0 Å². The van der Waals surface area contributed by atoms with Gasteiger partial charge in [0, 0.05) is 17.3 Å². The van der Waals surface area contributed by atoms with Crippen molar-refractivity contribution in [3.8, 4) is 5.75 Å². The van der Waals surface area contributed by atoms with Gasteiger partial charge in [-0.15, -0.1) is 0 Å². The first-order valence-corrected chi connectivity index (χ1v) is 6.06. The summed E-state index contributed by atoms with van der Waals surface area (Å²) in [5, 5.41) is 0.725. The molecule has 0 saturated carbocycles. The van der Waals surface area contributed by atoms with E-state index in [1.54, 1.807) is 19.5 Å². The molecule has 1 heterocycles. The van der Waals surface area contributed by atoms with E-state index >= 15 is 0 Å². The van der Waals surface area contributed by atoms with E-state index < -0.39 is 0 Å². The van der Waals surface area contributed by atoms with Crippen molar-refractivity contribution < 1.29 is 4.74 Å². The summed E-state index contributed by atoms with van der Waals surface area (Å²) in [7, 11) is 1.61. The zero-order valence-electron chi connectivity index (χ0n) is 10.1. The van der Waals surface area contributed by atoms with Crippen LogP contribution in [0.4, 0.5) is 0 Å². The van der Waals surface area contributed by atoms with Crippen molar-refractivity contribution in [2.24, 2.45) is 5.73 Å². The molecule has 3 nitrogen and oxygen atoms in total. The van der Waals surface area contributed by atoms with Gasteiger partial charge in [-0.05, 0) is 35.7 Å². The number of aromatic nitrogens is 1. The third kappa shape index (κ3) is 3.22. The van der Waals surface area contributed by atoms with Gasteiger partial charge in [-0.3, -0.25) is 4.98 Å². The smallest absolute Gasteiger partial charge is 0.137 e. The molecule has 0 aliphatic rings. The summed E-state index contributed by atoms with van der Waals surface area (Å²) in [4.78, 5) is 4.10. The molecular weight excluding hydrogens is 248 g/mol. The summed E-state index contributed by atoms with van der Waals surface area (Å²) in [5.41, 5.74) is 8.22. The molecule has 18 heavy (non-hydrogen) atoms.